The van der Waals surface area contributed by atoms with Crippen LogP contribution in [0.4, 0.5) is 5.69 Å². The standard InChI is InChI=1S/C29H36N6O7/c1-4-34(5-2)24(38)11-7-6-9-20(30-26(40)22-17-42-27(32-22)18(3)36)25(39)31-21-10-8-12-35(28(21)41)16-23(37)33-29-13-19(14-29)15-29/h7-8,10-12,17,19-20H,4-6,9,13-16H2,1-3H3,(H,30,40)(H,31,39)(H,33,37)/b11-7+/t19?,20-,29?/m0/s1. The zero-order valence-corrected chi connectivity index (χ0v) is 24.0. The molecule has 42 heavy (non-hydrogen) atoms. The molecule has 3 aliphatic carbocycles. The van der Waals surface area contributed by atoms with Crippen LogP contribution in [0.15, 0.2) is 46.0 Å². The number of nitrogens with zero attached hydrogens (tertiary/aromatic N) is 3. The van der Waals surface area contributed by atoms with Gasteiger partial charge in [0.25, 0.3) is 17.4 Å². The first kappa shape index (κ1) is 30.4. The lowest BCUT2D eigenvalue weighted by molar-refractivity contribution is -0.133. The number of carbonyl (C=O) groups excluding carboxylic acids is 5. The Kier molecular flexibility index (Phi) is 9.38. The van der Waals surface area contributed by atoms with Gasteiger partial charge < -0.3 is 29.8 Å². The lowest BCUT2D eigenvalue weighted by Gasteiger charge is -2.61. The molecule has 3 fully saturated rings. The van der Waals surface area contributed by atoms with Crippen molar-refractivity contribution in [1.82, 2.24) is 25.1 Å². The number of hydrogen-bond donors (Lipinski definition) is 3. The number of nitrogens with one attached hydrogen (secondary N) is 3. The molecule has 3 saturated carbocycles. The number of amides is 4. The zero-order chi connectivity index (χ0) is 30.4. The first-order chi connectivity index (χ1) is 20.0. The van der Waals surface area contributed by atoms with E-state index in [9.17, 15) is 28.8 Å². The SMILES string of the molecule is CCN(CC)C(=O)/C=C/CC[C@H](NC(=O)c1coc(C(C)=O)n1)C(=O)Nc1cccn(CC(=O)NC23CC(C2)C3)c1=O. The van der Waals surface area contributed by atoms with Crippen molar-refractivity contribution in [1.29, 1.82) is 0 Å². The Morgan fingerprint density at radius 3 is 2.50 bits per heavy atom. The fraction of sp³-hybridized carbons (Fsp3) is 0.483. The molecule has 2 heterocycles. The van der Waals surface area contributed by atoms with Crippen molar-refractivity contribution in [3.63, 3.8) is 0 Å². The maximum absolute atomic E-state index is 13.3. The normalized spacial score (nSPS) is 19.3. The van der Waals surface area contributed by atoms with Crippen LogP contribution in [0.1, 0.15) is 74.0 Å². The smallest absolute Gasteiger partial charge is 0.274 e. The van der Waals surface area contributed by atoms with E-state index < -0.39 is 29.2 Å². The van der Waals surface area contributed by atoms with Crippen molar-refractivity contribution in [2.24, 2.45) is 5.92 Å². The average molecular weight is 581 g/mol. The van der Waals surface area contributed by atoms with Crippen molar-refractivity contribution >= 4 is 35.1 Å². The van der Waals surface area contributed by atoms with Gasteiger partial charge in [-0.15, -0.1) is 0 Å². The number of rotatable bonds is 14. The summed E-state index contributed by atoms with van der Waals surface area (Å²) in [6.45, 7) is 5.89. The van der Waals surface area contributed by atoms with Crippen LogP contribution in [0.25, 0.3) is 0 Å². The molecule has 1 atom stereocenters. The van der Waals surface area contributed by atoms with Gasteiger partial charge in [-0.1, -0.05) is 6.08 Å². The van der Waals surface area contributed by atoms with Gasteiger partial charge in [0, 0.05) is 31.7 Å². The molecule has 2 bridgehead atoms. The van der Waals surface area contributed by atoms with Gasteiger partial charge in [0.05, 0.1) is 0 Å². The van der Waals surface area contributed by atoms with Gasteiger partial charge in [-0.3, -0.25) is 28.8 Å². The van der Waals surface area contributed by atoms with E-state index in [2.05, 4.69) is 20.9 Å². The number of allylic oxidation sites excluding steroid dienone is 1. The first-order valence-electron chi connectivity index (χ1n) is 14.1. The fourth-order valence-electron chi connectivity index (χ4n) is 5.23. The molecular weight excluding hydrogens is 544 g/mol. The van der Waals surface area contributed by atoms with Gasteiger partial charge in [-0.05, 0) is 70.1 Å². The molecule has 13 heteroatoms. The highest BCUT2D eigenvalue weighted by molar-refractivity contribution is 6.01. The van der Waals surface area contributed by atoms with Crippen LogP contribution < -0.4 is 21.5 Å². The van der Waals surface area contributed by atoms with Gasteiger partial charge in [-0.25, -0.2) is 4.98 Å². The molecule has 0 spiro atoms. The van der Waals surface area contributed by atoms with Gasteiger partial charge in [-0.2, -0.15) is 0 Å². The van der Waals surface area contributed by atoms with E-state index in [-0.39, 0.29) is 54.0 Å². The Labute approximate surface area is 242 Å². The van der Waals surface area contributed by atoms with Gasteiger partial charge >= 0.3 is 0 Å². The van der Waals surface area contributed by atoms with Crippen LogP contribution in [0.3, 0.4) is 0 Å². The highest BCUT2D eigenvalue weighted by atomic mass is 16.3. The summed E-state index contributed by atoms with van der Waals surface area (Å²) in [6, 6.07) is 1.82. The summed E-state index contributed by atoms with van der Waals surface area (Å²) in [6.07, 6.45) is 8.76. The van der Waals surface area contributed by atoms with Crippen LogP contribution in [0.2, 0.25) is 0 Å². The van der Waals surface area contributed by atoms with Gasteiger partial charge in [0.15, 0.2) is 5.69 Å². The maximum atomic E-state index is 13.3. The Bertz CT molecular complexity index is 1440. The second-order valence-corrected chi connectivity index (χ2v) is 10.8. The van der Waals surface area contributed by atoms with Crippen LogP contribution >= 0.6 is 0 Å². The predicted molar refractivity (Wildman–Crippen MR) is 152 cm³/mol. The second-order valence-electron chi connectivity index (χ2n) is 10.8. The molecule has 0 unspecified atom stereocenters. The lowest BCUT2D eigenvalue weighted by Crippen LogP contribution is -2.68. The number of anilines is 1. The zero-order valence-electron chi connectivity index (χ0n) is 24.0. The Morgan fingerprint density at radius 1 is 1.19 bits per heavy atom. The molecule has 3 N–H and O–H groups in total. The summed E-state index contributed by atoms with van der Waals surface area (Å²) < 4.78 is 6.22. The summed E-state index contributed by atoms with van der Waals surface area (Å²) in [5, 5.41) is 8.12. The summed E-state index contributed by atoms with van der Waals surface area (Å²) in [5.74, 6) is -1.91. The van der Waals surface area contributed by atoms with Crippen molar-refractivity contribution in [3.05, 3.63) is 58.7 Å². The molecular formula is C29H36N6O7. The molecule has 2 aromatic heterocycles. The summed E-state index contributed by atoms with van der Waals surface area (Å²) >= 11 is 0. The van der Waals surface area contributed by atoms with Crippen molar-refractivity contribution < 1.29 is 28.4 Å². The van der Waals surface area contributed by atoms with E-state index in [1.807, 2.05) is 13.8 Å². The maximum Gasteiger partial charge on any atom is 0.274 e. The molecule has 5 rings (SSSR count). The van der Waals surface area contributed by atoms with E-state index >= 15 is 0 Å². The number of ketones is 1. The van der Waals surface area contributed by atoms with E-state index in [4.69, 9.17) is 4.42 Å². The van der Waals surface area contributed by atoms with Gasteiger partial charge in [0.1, 0.15) is 24.5 Å². The van der Waals surface area contributed by atoms with E-state index in [1.54, 1.807) is 17.0 Å². The number of aromatic nitrogens is 2. The predicted octanol–water partition coefficient (Wildman–Crippen LogP) is 1.65. The van der Waals surface area contributed by atoms with E-state index in [1.165, 1.54) is 29.8 Å². The third kappa shape index (κ3) is 7.01. The molecule has 3 aliphatic rings. The Balaban J connectivity index is 1.44. The molecule has 224 valence electrons. The summed E-state index contributed by atoms with van der Waals surface area (Å²) in [4.78, 5) is 81.0. The quantitative estimate of drug-likeness (QED) is 0.223. The Morgan fingerprint density at radius 2 is 1.90 bits per heavy atom. The van der Waals surface area contributed by atoms with E-state index in [0.29, 0.717) is 19.0 Å². The van der Waals surface area contributed by atoms with Crippen molar-refractivity contribution in [2.45, 2.75) is 71.0 Å². The van der Waals surface area contributed by atoms with Crippen molar-refractivity contribution in [2.75, 3.05) is 18.4 Å². The minimum absolute atomic E-state index is 0.0624. The highest BCUT2D eigenvalue weighted by Gasteiger charge is 2.57. The van der Waals surface area contributed by atoms with E-state index in [0.717, 1.165) is 25.5 Å². The van der Waals surface area contributed by atoms with Crippen LogP contribution in [0, 0.1) is 5.92 Å². The van der Waals surface area contributed by atoms with Crippen LogP contribution in [-0.4, -0.2) is 68.5 Å². The number of oxazole rings is 1. The minimum Gasteiger partial charge on any atom is -0.441 e. The number of hydrogen-bond acceptors (Lipinski definition) is 8. The fourth-order valence-corrected chi connectivity index (χ4v) is 5.23. The summed E-state index contributed by atoms with van der Waals surface area (Å²) in [7, 11) is 0. The molecule has 13 nitrogen and oxygen atoms in total. The largest absolute Gasteiger partial charge is 0.441 e. The van der Waals surface area contributed by atoms with Crippen LogP contribution in [-0.2, 0) is 20.9 Å². The monoisotopic (exact) mass is 580 g/mol. The summed E-state index contributed by atoms with van der Waals surface area (Å²) in [5.41, 5.74) is -0.951. The molecule has 0 radical (unpaired) electrons. The molecule has 2 aromatic rings. The third-order valence-electron chi connectivity index (χ3n) is 7.65. The third-order valence-corrected chi connectivity index (χ3v) is 7.65. The highest BCUT2D eigenvalue weighted by Crippen LogP contribution is 2.56. The Hall–Kier alpha value is -4.55. The number of likely N-dealkylation sites (N-methyl/N-ethyl adjacent to an activating group) is 1. The second kappa shape index (κ2) is 13.0. The molecule has 0 saturated heterocycles. The van der Waals surface area contributed by atoms with Gasteiger partial charge in [0.2, 0.25) is 23.5 Å². The van der Waals surface area contributed by atoms with Crippen LogP contribution in [0.5, 0.6) is 0 Å². The molecule has 0 aliphatic heterocycles. The van der Waals surface area contributed by atoms with Crippen molar-refractivity contribution in [3.8, 4) is 0 Å². The number of carbonyl (C=O) groups is 5. The average Bonchev–Trinajstić information content (AvgIpc) is 3.41. The minimum atomic E-state index is -1.14. The first-order valence-corrected chi connectivity index (χ1v) is 14.1. The molecule has 0 aromatic carbocycles. The lowest BCUT2D eigenvalue weighted by atomic mass is 9.50. The number of pyridine rings is 1. The molecule has 4 amide bonds. The topological polar surface area (TPSA) is 173 Å². The number of Topliss-reactive ketones (excluding diaryl/α,β-unsaturated/α-hetero) is 1.